The molecule has 0 fully saturated rings. The van der Waals surface area contributed by atoms with Crippen LogP contribution < -0.4 is 5.32 Å². The first-order valence-electron chi connectivity index (χ1n) is 9.50. The number of amides is 1. The molecule has 0 aliphatic heterocycles. The molecular formula is C23H21ClN2O3S. The van der Waals surface area contributed by atoms with Crippen molar-refractivity contribution in [2.75, 3.05) is 11.1 Å². The number of nitrogens with zero attached hydrogens (tertiary/aromatic N) is 1. The highest BCUT2D eigenvalue weighted by Gasteiger charge is 2.15. The molecule has 2 N–H and O–H groups in total. The molecule has 0 saturated heterocycles. The average Bonchev–Trinajstić information content (AvgIpc) is 2.74. The molecule has 0 saturated carbocycles. The fraction of sp³-hybridized carbons (Fsp3) is 0.174. The number of hydrogen-bond acceptors (Lipinski definition) is 4. The second-order valence-corrected chi connectivity index (χ2v) is 8.08. The van der Waals surface area contributed by atoms with Gasteiger partial charge in [-0.25, -0.2) is 4.98 Å². The van der Waals surface area contributed by atoms with Gasteiger partial charge in [-0.3, -0.25) is 9.59 Å². The number of aromatic nitrogens is 1. The summed E-state index contributed by atoms with van der Waals surface area (Å²) >= 11 is 7.45. The summed E-state index contributed by atoms with van der Waals surface area (Å²) in [5.74, 6) is -0.332. The lowest BCUT2D eigenvalue weighted by molar-refractivity contribution is -0.137. The number of thioether (sulfide) groups is 1. The number of unbranched alkanes of at least 4 members (excludes halogenated alkanes) is 1. The van der Waals surface area contributed by atoms with Crippen LogP contribution in [0.5, 0.6) is 0 Å². The molecular weight excluding hydrogens is 420 g/mol. The number of para-hydroxylation sites is 1. The van der Waals surface area contributed by atoms with Gasteiger partial charge in [0, 0.05) is 28.9 Å². The van der Waals surface area contributed by atoms with Crippen molar-refractivity contribution >= 4 is 40.9 Å². The number of anilines is 1. The first-order chi connectivity index (χ1) is 14.5. The summed E-state index contributed by atoms with van der Waals surface area (Å²) in [6.07, 6.45) is 3.15. The van der Waals surface area contributed by atoms with E-state index in [0.717, 1.165) is 17.5 Å². The van der Waals surface area contributed by atoms with Crippen LogP contribution in [-0.2, 0) is 4.79 Å². The van der Waals surface area contributed by atoms with Crippen molar-refractivity contribution < 1.29 is 14.7 Å². The highest BCUT2D eigenvalue weighted by atomic mass is 35.5. The molecule has 1 amide bonds. The summed E-state index contributed by atoms with van der Waals surface area (Å²) in [6.45, 7) is 0. The second kappa shape index (κ2) is 10.8. The maximum Gasteiger partial charge on any atom is 0.303 e. The lowest BCUT2D eigenvalue weighted by atomic mass is 10.0. The molecule has 3 rings (SSSR count). The molecule has 0 bridgehead atoms. The smallest absolute Gasteiger partial charge is 0.303 e. The van der Waals surface area contributed by atoms with Gasteiger partial charge in [0.1, 0.15) is 5.03 Å². The van der Waals surface area contributed by atoms with E-state index in [-0.39, 0.29) is 12.3 Å². The standard InChI is InChI=1S/C23H21ClN2O3S/c24-17-12-10-16(11-13-17)18-6-1-2-8-20(18)26-22(29)19-7-5-14-25-23(19)30-15-4-3-9-21(27)28/h1-2,5-8,10-14H,3-4,9,15H2,(H,26,29)(H,27,28). The largest absolute Gasteiger partial charge is 0.481 e. The van der Waals surface area contributed by atoms with Gasteiger partial charge in [0.05, 0.1) is 5.56 Å². The second-order valence-electron chi connectivity index (χ2n) is 6.56. The summed E-state index contributed by atoms with van der Waals surface area (Å²) in [5, 5.41) is 13.0. The molecule has 0 spiro atoms. The molecule has 154 valence electrons. The fourth-order valence-corrected chi connectivity index (χ4v) is 4.01. The molecule has 1 heterocycles. The van der Waals surface area contributed by atoms with E-state index in [1.54, 1.807) is 18.3 Å². The molecule has 0 aliphatic carbocycles. The van der Waals surface area contributed by atoms with Crippen LogP contribution in [0, 0.1) is 0 Å². The highest BCUT2D eigenvalue weighted by Crippen LogP contribution is 2.30. The van der Waals surface area contributed by atoms with Crippen molar-refractivity contribution in [3.8, 4) is 11.1 Å². The topological polar surface area (TPSA) is 79.3 Å². The first-order valence-corrected chi connectivity index (χ1v) is 10.9. The number of carbonyl (C=O) groups excluding carboxylic acids is 1. The van der Waals surface area contributed by atoms with Crippen molar-refractivity contribution in [2.24, 2.45) is 0 Å². The predicted molar refractivity (Wildman–Crippen MR) is 121 cm³/mol. The Kier molecular flexibility index (Phi) is 7.88. The minimum Gasteiger partial charge on any atom is -0.481 e. The number of carboxylic acid groups (broad SMARTS) is 1. The van der Waals surface area contributed by atoms with Crippen molar-refractivity contribution in [3.05, 3.63) is 77.4 Å². The van der Waals surface area contributed by atoms with E-state index in [9.17, 15) is 9.59 Å². The molecule has 5 nitrogen and oxygen atoms in total. The van der Waals surface area contributed by atoms with Gasteiger partial charge in [0.25, 0.3) is 5.91 Å². The number of pyridine rings is 1. The van der Waals surface area contributed by atoms with Crippen LogP contribution in [-0.4, -0.2) is 27.7 Å². The van der Waals surface area contributed by atoms with Gasteiger partial charge in [0.2, 0.25) is 0 Å². The molecule has 0 radical (unpaired) electrons. The Balaban J connectivity index is 1.73. The third-order valence-electron chi connectivity index (χ3n) is 4.37. The Morgan fingerprint density at radius 2 is 1.77 bits per heavy atom. The zero-order chi connectivity index (χ0) is 21.3. The highest BCUT2D eigenvalue weighted by molar-refractivity contribution is 7.99. The number of halogens is 1. The van der Waals surface area contributed by atoms with E-state index >= 15 is 0 Å². The summed E-state index contributed by atoms with van der Waals surface area (Å²) in [4.78, 5) is 27.9. The number of nitrogens with one attached hydrogen (secondary N) is 1. The van der Waals surface area contributed by atoms with E-state index in [0.29, 0.717) is 33.5 Å². The first kappa shape index (κ1) is 21.9. The van der Waals surface area contributed by atoms with Crippen LogP contribution in [0.3, 0.4) is 0 Å². The van der Waals surface area contributed by atoms with Crippen LogP contribution >= 0.6 is 23.4 Å². The minimum atomic E-state index is -0.794. The monoisotopic (exact) mass is 440 g/mol. The Bertz CT molecular complexity index is 1020. The van der Waals surface area contributed by atoms with Crippen LogP contribution in [0.2, 0.25) is 5.02 Å². The Morgan fingerprint density at radius 1 is 1.00 bits per heavy atom. The number of rotatable bonds is 9. The van der Waals surface area contributed by atoms with Crippen LogP contribution in [0.25, 0.3) is 11.1 Å². The number of benzene rings is 2. The number of aliphatic carboxylic acids is 1. The van der Waals surface area contributed by atoms with E-state index in [1.165, 1.54) is 11.8 Å². The van der Waals surface area contributed by atoms with Gasteiger partial charge < -0.3 is 10.4 Å². The summed E-state index contributed by atoms with van der Waals surface area (Å²) < 4.78 is 0. The number of carbonyl (C=O) groups is 2. The molecule has 2 aromatic carbocycles. The number of carboxylic acids is 1. The fourth-order valence-electron chi connectivity index (χ4n) is 2.89. The van der Waals surface area contributed by atoms with Crippen LogP contribution in [0.1, 0.15) is 29.6 Å². The van der Waals surface area contributed by atoms with Gasteiger partial charge in [-0.05, 0) is 54.5 Å². The maximum absolute atomic E-state index is 13.0. The molecule has 1 aromatic heterocycles. The van der Waals surface area contributed by atoms with Gasteiger partial charge in [-0.15, -0.1) is 11.8 Å². The van der Waals surface area contributed by atoms with Gasteiger partial charge in [0.15, 0.2) is 0 Å². The molecule has 0 unspecified atom stereocenters. The van der Waals surface area contributed by atoms with E-state index < -0.39 is 5.97 Å². The molecule has 3 aromatic rings. The molecule has 7 heteroatoms. The van der Waals surface area contributed by atoms with Crippen LogP contribution in [0.4, 0.5) is 5.69 Å². The molecule has 30 heavy (non-hydrogen) atoms. The third kappa shape index (κ3) is 6.08. The summed E-state index contributed by atoms with van der Waals surface area (Å²) in [7, 11) is 0. The lowest BCUT2D eigenvalue weighted by Gasteiger charge is -2.13. The summed E-state index contributed by atoms with van der Waals surface area (Å²) in [5.41, 5.74) is 3.04. The normalized spacial score (nSPS) is 10.6. The van der Waals surface area contributed by atoms with Crippen molar-refractivity contribution in [3.63, 3.8) is 0 Å². The van der Waals surface area contributed by atoms with Crippen molar-refractivity contribution in [1.82, 2.24) is 4.98 Å². The Hall–Kier alpha value is -2.83. The maximum atomic E-state index is 13.0. The Morgan fingerprint density at radius 3 is 2.53 bits per heavy atom. The number of hydrogen-bond donors (Lipinski definition) is 2. The van der Waals surface area contributed by atoms with E-state index in [4.69, 9.17) is 16.7 Å². The van der Waals surface area contributed by atoms with E-state index in [2.05, 4.69) is 10.3 Å². The summed E-state index contributed by atoms with van der Waals surface area (Å²) in [6, 6.07) is 18.5. The van der Waals surface area contributed by atoms with Gasteiger partial charge >= 0.3 is 5.97 Å². The third-order valence-corrected chi connectivity index (χ3v) is 5.71. The van der Waals surface area contributed by atoms with Crippen molar-refractivity contribution in [1.29, 1.82) is 0 Å². The van der Waals surface area contributed by atoms with Crippen LogP contribution in [0.15, 0.2) is 71.9 Å². The van der Waals surface area contributed by atoms with E-state index in [1.807, 2.05) is 48.5 Å². The SMILES string of the molecule is O=C(O)CCCCSc1ncccc1C(=O)Nc1ccccc1-c1ccc(Cl)cc1. The lowest BCUT2D eigenvalue weighted by Crippen LogP contribution is -2.14. The minimum absolute atomic E-state index is 0.150. The Labute approximate surface area is 184 Å². The quantitative estimate of drug-likeness (QED) is 0.315. The predicted octanol–water partition coefficient (Wildman–Crippen LogP) is 6.00. The molecule has 0 atom stereocenters. The van der Waals surface area contributed by atoms with Crippen molar-refractivity contribution in [2.45, 2.75) is 24.3 Å². The molecule has 0 aliphatic rings. The van der Waals surface area contributed by atoms with Gasteiger partial charge in [-0.2, -0.15) is 0 Å². The average molecular weight is 441 g/mol. The van der Waals surface area contributed by atoms with Gasteiger partial charge in [-0.1, -0.05) is 41.9 Å². The zero-order valence-corrected chi connectivity index (χ0v) is 17.7. The zero-order valence-electron chi connectivity index (χ0n) is 16.2.